The summed E-state index contributed by atoms with van der Waals surface area (Å²) in [6, 6.07) is 1.79. The summed E-state index contributed by atoms with van der Waals surface area (Å²) < 4.78 is 5.93. The maximum atomic E-state index is 10.5. The fourth-order valence-corrected chi connectivity index (χ4v) is 5.33. The molecule has 2 aliphatic heterocycles. The molecule has 0 saturated carbocycles. The lowest BCUT2D eigenvalue weighted by molar-refractivity contribution is -0.0644. The molecule has 1 aromatic rings. The van der Waals surface area contributed by atoms with Crippen molar-refractivity contribution >= 4 is 0 Å². The molecular weight excluding hydrogens is 298 g/mol. The van der Waals surface area contributed by atoms with E-state index in [-0.39, 0.29) is 35.0 Å². The number of hydrogen-bond donors (Lipinski definition) is 4. The molecule has 6 nitrogen and oxygen atoms in total. The van der Waals surface area contributed by atoms with Crippen molar-refractivity contribution in [2.24, 2.45) is 5.92 Å². The zero-order chi connectivity index (χ0) is 16.1. The van der Waals surface area contributed by atoms with Crippen LogP contribution in [0.25, 0.3) is 0 Å². The van der Waals surface area contributed by atoms with Crippen LogP contribution in [0.4, 0.5) is 0 Å². The Balaban J connectivity index is 1.85. The lowest BCUT2D eigenvalue weighted by Crippen LogP contribution is -2.65. The number of aromatic hydroxyl groups is 2. The van der Waals surface area contributed by atoms with Crippen LogP contribution < -0.4 is 4.74 Å². The lowest BCUT2D eigenvalue weighted by atomic mass is 9.53. The summed E-state index contributed by atoms with van der Waals surface area (Å²) in [5.74, 6) is -0.224. The van der Waals surface area contributed by atoms with Gasteiger partial charge >= 0.3 is 0 Å². The van der Waals surface area contributed by atoms with Crippen molar-refractivity contribution < 1.29 is 25.2 Å². The molecule has 6 heteroatoms. The maximum Gasteiger partial charge on any atom is 0.200 e. The van der Waals surface area contributed by atoms with Gasteiger partial charge in [-0.2, -0.15) is 0 Å². The number of benzene rings is 1. The molecule has 0 unspecified atom stereocenters. The van der Waals surface area contributed by atoms with E-state index in [4.69, 9.17) is 4.74 Å². The van der Waals surface area contributed by atoms with Gasteiger partial charge in [0.05, 0.1) is 0 Å². The minimum atomic E-state index is -1.12. The van der Waals surface area contributed by atoms with Crippen molar-refractivity contribution in [3.8, 4) is 17.2 Å². The van der Waals surface area contributed by atoms with Crippen LogP contribution in [0.15, 0.2) is 17.9 Å². The SMILES string of the molecule is CN1CC[C@]23c4c5cc(O)c(O)c4O[C@H]2[C@@H](O)C(O)=C[C@H]3[C@H]1C5. The highest BCUT2D eigenvalue weighted by molar-refractivity contribution is 5.66. The van der Waals surface area contributed by atoms with Crippen LogP contribution in [0.2, 0.25) is 0 Å². The smallest absolute Gasteiger partial charge is 0.200 e. The Kier molecular flexibility index (Phi) is 2.31. The van der Waals surface area contributed by atoms with E-state index in [1.165, 1.54) is 0 Å². The third kappa shape index (κ3) is 1.34. The lowest BCUT2D eigenvalue weighted by Gasteiger charge is -2.56. The van der Waals surface area contributed by atoms with Gasteiger partial charge in [-0.05, 0) is 44.1 Å². The fourth-order valence-electron chi connectivity index (χ4n) is 5.33. The zero-order valence-corrected chi connectivity index (χ0v) is 12.7. The van der Waals surface area contributed by atoms with Gasteiger partial charge in [0, 0.05) is 22.9 Å². The van der Waals surface area contributed by atoms with E-state index < -0.39 is 17.6 Å². The number of rotatable bonds is 0. The van der Waals surface area contributed by atoms with E-state index in [1.54, 1.807) is 12.1 Å². The number of aliphatic hydroxyl groups is 2. The summed E-state index contributed by atoms with van der Waals surface area (Å²) in [6.07, 6.45) is 1.52. The van der Waals surface area contributed by atoms with Crippen molar-refractivity contribution in [3.63, 3.8) is 0 Å². The van der Waals surface area contributed by atoms with Crippen LogP contribution in [0.5, 0.6) is 17.2 Å². The highest BCUT2D eigenvalue weighted by Crippen LogP contribution is 2.64. The summed E-state index contributed by atoms with van der Waals surface area (Å²) >= 11 is 0. The molecule has 0 aromatic heterocycles. The number of ether oxygens (including phenoxy) is 1. The second-order valence-corrected chi connectivity index (χ2v) is 7.25. The summed E-state index contributed by atoms with van der Waals surface area (Å²) in [5, 5.41) is 40.9. The maximum absolute atomic E-state index is 10.5. The molecule has 1 fully saturated rings. The van der Waals surface area contributed by atoms with Crippen molar-refractivity contribution in [3.05, 3.63) is 29.0 Å². The molecule has 2 heterocycles. The van der Waals surface area contributed by atoms with Gasteiger partial charge in [-0.25, -0.2) is 0 Å². The van der Waals surface area contributed by atoms with Crippen LogP contribution in [0, 0.1) is 5.92 Å². The number of phenols is 2. The van der Waals surface area contributed by atoms with Crippen LogP contribution >= 0.6 is 0 Å². The number of aliphatic hydroxyl groups excluding tert-OH is 2. The van der Waals surface area contributed by atoms with E-state index in [1.807, 2.05) is 0 Å². The van der Waals surface area contributed by atoms with E-state index in [0.717, 1.165) is 30.5 Å². The average Bonchev–Trinajstić information content (AvgIpc) is 2.86. The summed E-state index contributed by atoms with van der Waals surface area (Å²) in [5.41, 5.74) is 1.43. The quantitative estimate of drug-likeness (QED) is 0.529. The van der Waals surface area contributed by atoms with E-state index in [2.05, 4.69) is 11.9 Å². The Labute approximate surface area is 133 Å². The Morgan fingerprint density at radius 1 is 1.30 bits per heavy atom. The zero-order valence-electron chi connectivity index (χ0n) is 12.7. The first-order chi connectivity index (χ1) is 10.9. The second-order valence-electron chi connectivity index (χ2n) is 7.25. The van der Waals surface area contributed by atoms with Gasteiger partial charge in [0.2, 0.25) is 5.75 Å². The first-order valence-corrected chi connectivity index (χ1v) is 7.99. The number of hydrogen-bond acceptors (Lipinski definition) is 6. The predicted molar refractivity (Wildman–Crippen MR) is 80.8 cm³/mol. The van der Waals surface area contributed by atoms with Gasteiger partial charge in [0.1, 0.15) is 18.0 Å². The van der Waals surface area contributed by atoms with Crippen LogP contribution in [0.3, 0.4) is 0 Å². The Hall–Kier alpha value is -1.92. The Morgan fingerprint density at radius 3 is 2.87 bits per heavy atom. The molecule has 4 N–H and O–H groups in total. The highest BCUT2D eigenvalue weighted by atomic mass is 16.5. The molecule has 1 saturated heterocycles. The minimum absolute atomic E-state index is 0.0207. The van der Waals surface area contributed by atoms with Crippen molar-refractivity contribution in [2.45, 2.75) is 36.5 Å². The van der Waals surface area contributed by atoms with Gasteiger partial charge in [0.25, 0.3) is 0 Å². The molecule has 122 valence electrons. The molecule has 1 aromatic carbocycles. The molecule has 5 rings (SSSR count). The largest absolute Gasteiger partial charge is 0.510 e. The third-order valence-corrected chi connectivity index (χ3v) is 6.36. The predicted octanol–water partition coefficient (Wildman–Crippen LogP) is 0.789. The summed E-state index contributed by atoms with van der Waals surface area (Å²) in [7, 11) is 2.06. The van der Waals surface area contributed by atoms with Gasteiger partial charge < -0.3 is 30.1 Å². The first-order valence-electron chi connectivity index (χ1n) is 7.99. The number of phenolic OH excluding ortho intramolecular Hbond substituents is 2. The number of likely N-dealkylation sites (tertiary alicyclic amines) is 1. The molecule has 0 radical (unpaired) electrons. The van der Waals surface area contributed by atoms with Crippen molar-refractivity contribution in [1.82, 2.24) is 4.90 Å². The average molecular weight is 317 g/mol. The molecule has 4 aliphatic rings. The Morgan fingerprint density at radius 2 is 2.09 bits per heavy atom. The molecular formula is C17H19NO5. The molecule has 0 amide bonds. The second kappa shape index (κ2) is 3.94. The highest BCUT2D eigenvalue weighted by Gasteiger charge is 2.65. The van der Waals surface area contributed by atoms with Crippen LogP contribution in [0.1, 0.15) is 17.5 Å². The number of nitrogens with zero attached hydrogens (tertiary/aromatic N) is 1. The third-order valence-electron chi connectivity index (χ3n) is 6.36. The monoisotopic (exact) mass is 317 g/mol. The van der Waals surface area contributed by atoms with Gasteiger partial charge in [-0.15, -0.1) is 0 Å². The summed E-state index contributed by atoms with van der Waals surface area (Å²) in [6.45, 7) is 0.864. The van der Waals surface area contributed by atoms with Gasteiger partial charge in [-0.3, -0.25) is 0 Å². The van der Waals surface area contributed by atoms with Crippen LogP contribution in [-0.2, 0) is 11.8 Å². The van der Waals surface area contributed by atoms with Crippen molar-refractivity contribution in [1.29, 1.82) is 0 Å². The van der Waals surface area contributed by atoms with Crippen molar-refractivity contribution in [2.75, 3.05) is 13.6 Å². The molecule has 1 spiro atoms. The van der Waals surface area contributed by atoms with Gasteiger partial charge in [-0.1, -0.05) is 0 Å². The van der Waals surface area contributed by atoms with E-state index >= 15 is 0 Å². The number of piperidine rings is 1. The molecule has 23 heavy (non-hydrogen) atoms. The first kappa shape index (κ1) is 13.5. The molecule has 2 aliphatic carbocycles. The molecule has 5 atom stereocenters. The normalized spacial score (nSPS) is 40.3. The number of likely N-dealkylation sites (N-methyl/N-ethyl adjacent to an activating group) is 1. The van der Waals surface area contributed by atoms with E-state index in [9.17, 15) is 20.4 Å². The van der Waals surface area contributed by atoms with Gasteiger partial charge in [0.15, 0.2) is 11.5 Å². The Bertz CT molecular complexity index is 760. The van der Waals surface area contributed by atoms with Crippen LogP contribution in [-0.4, -0.2) is 57.2 Å². The van der Waals surface area contributed by atoms with E-state index in [0.29, 0.717) is 0 Å². The fraction of sp³-hybridized carbons (Fsp3) is 0.529. The summed E-state index contributed by atoms with van der Waals surface area (Å²) in [4.78, 5) is 2.26. The molecule has 2 bridgehead atoms. The standard InChI is InChI=1S/C17H19NO5/c1-18-3-2-17-8-6-11(20)14(22)16(17)23-15-12(17)7(4-9(8)18)5-10(19)13(15)21/h5-6,8-9,14,16,19-22H,2-4H2,1H3/t8-,9+,14-,16-,17-/m0/s1. The topological polar surface area (TPSA) is 93.4 Å². The minimum Gasteiger partial charge on any atom is -0.510 e.